The summed E-state index contributed by atoms with van der Waals surface area (Å²) in [4.78, 5) is 6.85. The van der Waals surface area contributed by atoms with Crippen LogP contribution in [0.2, 0.25) is 0 Å². The molecule has 1 saturated carbocycles. The number of aromatic nitrogens is 1. The number of likely N-dealkylation sites (N-methyl/N-ethyl adjacent to an activating group) is 2. The summed E-state index contributed by atoms with van der Waals surface area (Å²) >= 11 is 0. The van der Waals surface area contributed by atoms with Crippen molar-refractivity contribution in [1.82, 2.24) is 15.2 Å². The average molecular weight is 275 g/mol. The van der Waals surface area contributed by atoms with Gasteiger partial charge < -0.3 is 10.2 Å². The van der Waals surface area contributed by atoms with E-state index in [2.05, 4.69) is 41.4 Å². The molecule has 1 aliphatic rings. The summed E-state index contributed by atoms with van der Waals surface area (Å²) in [7, 11) is 4.35. The van der Waals surface area contributed by atoms with Crippen LogP contribution >= 0.6 is 0 Å². The first-order chi connectivity index (χ1) is 9.79. The van der Waals surface area contributed by atoms with Crippen molar-refractivity contribution in [3.63, 3.8) is 0 Å². The van der Waals surface area contributed by atoms with E-state index >= 15 is 0 Å². The van der Waals surface area contributed by atoms with Gasteiger partial charge in [-0.2, -0.15) is 0 Å². The Bertz CT molecular complexity index is 360. The number of pyridine rings is 1. The van der Waals surface area contributed by atoms with Crippen molar-refractivity contribution in [2.45, 2.75) is 44.6 Å². The second kappa shape index (κ2) is 8.38. The zero-order valence-electron chi connectivity index (χ0n) is 13.0. The third kappa shape index (κ3) is 4.88. The molecule has 1 aromatic heterocycles. The van der Waals surface area contributed by atoms with Gasteiger partial charge in [0.2, 0.25) is 0 Å². The third-order valence-corrected chi connectivity index (χ3v) is 4.57. The molecule has 1 atom stereocenters. The Kier molecular flexibility index (Phi) is 6.48. The SMILES string of the molecule is CNC(CN(C)CCc1ccccn1)C1CCCCC1. The van der Waals surface area contributed by atoms with Crippen LogP contribution < -0.4 is 5.32 Å². The minimum Gasteiger partial charge on any atom is -0.315 e. The molecule has 0 spiro atoms. The van der Waals surface area contributed by atoms with Gasteiger partial charge in [0.05, 0.1) is 0 Å². The first kappa shape index (κ1) is 15.5. The first-order valence-electron chi connectivity index (χ1n) is 8.05. The fourth-order valence-corrected chi connectivity index (χ4v) is 3.29. The molecular formula is C17H29N3. The molecule has 0 saturated heterocycles. The largest absolute Gasteiger partial charge is 0.315 e. The minimum atomic E-state index is 0.643. The summed E-state index contributed by atoms with van der Waals surface area (Å²) in [6, 6.07) is 6.81. The molecule has 0 aliphatic heterocycles. The third-order valence-electron chi connectivity index (χ3n) is 4.57. The van der Waals surface area contributed by atoms with Crippen molar-refractivity contribution >= 4 is 0 Å². The highest BCUT2D eigenvalue weighted by Crippen LogP contribution is 2.26. The van der Waals surface area contributed by atoms with Gasteiger partial charge >= 0.3 is 0 Å². The quantitative estimate of drug-likeness (QED) is 0.829. The predicted molar refractivity (Wildman–Crippen MR) is 84.9 cm³/mol. The molecule has 3 heteroatoms. The molecule has 20 heavy (non-hydrogen) atoms. The highest BCUT2D eigenvalue weighted by molar-refractivity contribution is 5.03. The van der Waals surface area contributed by atoms with Crippen LogP contribution in [-0.4, -0.2) is 43.1 Å². The maximum Gasteiger partial charge on any atom is 0.0416 e. The van der Waals surface area contributed by atoms with E-state index in [0.29, 0.717) is 6.04 Å². The Morgan fingerprint density at radius 1 is 1.30 bits per heavy atom. The van der Waals surface area contributed by atoms with E-state index in [1.807, 2.05) is 12.3 Å². The molecule has 0 bridgehead atoms. The number of hydrogen-bond donors (Lipinski definition) is 1. The Morgan fingerprint density at radius 2 is 2.10 bits per heavy atom. The molecule has 0 amide bonds. The fourth-order valence-electron chi connectivity index (χ4n) is 3.29. The second-order valence-corrected chi connectivity index (χ2v) is 6.13. The summed E-state index contributed by atoms with van der Waals surface area (Å²) in [5, 5.41) is 3.54. The number of nitrogens with zero attached hydrogens (tertiary/aromatic N) is 2. The summed E-state index contributed by atoms with van der Waals surface area (Å²) in [5.74, 6) is 0.867. The van der Waals surface area contributed by atoms with E-state index in [0.717, 1.165) is 25.4 Å². The van der Waals surface area contributed by atoms with Crippen molar-refractivity contribution in [3.8, 4) is 0 Å². The molecule has 3 nitrogen and oxygen atoms in total. The standard InChI is InChI=1S/C17H29N3/c1-18-17(15-8-4-3-5-9-15)14-20(2)13-11-16-10-6-7-12-19-16/h6-7,10,12,15,17-18H,3-5,8-9,11,13-14H2,1-2H3. The molecule has 0 radical (unpaired) electrons. The lowest BCUT2D eigenvalue weighted by atomic mass is 9.83. The number of nitrogens with one attached hydrogen (secondary N) is 1. The van der Waals surface area contributed by atoms with Crippen LogP contribution in [0.15, 0.2) is 24.4 Å². The van der Waals surface area contributed by atoms with Gasteiger partial charge in [-0.1, -0.05) is 25.3 Å². The van der Waals surface area contributed by atoms with Gasteiger partial charge in [-0.25, -0.2) is 0 Å². The Morgan fingerprint density at radius 3 is 2.75 bits per heavy atom. The van der Waals surface area contributed by atoms with Crippen LogP contribution in [0.5, 0.6) is 0 Å². The maximum absolute atomic E-state index is 4.40. The molecular weight excluding hydrogens is 246 g/mol. The highest BCUT2D eigenvalue weighted by Gasteiger charge is 2.23. The van der Waals surface area contributed by atoms with Gasteiger partial charge in [0.15, 0.2) is 0 Å². The van der Waals surface area contributed by atoms with E-state index in [1.54, 1.807) is 0 Å². The van der Waals surface area contributed by atoms with Gasteiger partial charge in [-0.15, -0.1) is 0 Å². The Labute approximate surface area is 123 Å². The molecule has 2 rings (SSSR count). The average Bonchev–Trinajstić information content (AvgIpc) is 2.52. The molecule has 0 aromatic carbocycles. The van der Waals surface area contributed by atoms with Crippen molar-refractivity contribution in [2.24, 2.45) is 5.92 Å². The van der Waals surface area contributed by atoms with Crippen molar-refractivity contribution in [3.05, 3.63) is 30.1 Å². The summed E-state index contributed by atoms with van der Waals surface area (Å²) < 4.78 is 0. The van der Waals surface area contributed by atoms with Crippen LogP contribution in [0.3, 0.4) is 0 Å². The highest BCUT2D eigenvalue weighted by atomic mass is 15.1. The molecule has 1 aromatic rings. The maximum atomic E-state index is 4.40. The van der Waals surface area contributed by atoms with Crippen LogP contribution in [0.1, 0.15) is 37.8 Å². The Balaban J connectivity index is 1.75. The molecule has 112 valence electrons. The molecule has 1 heterocycles. The number of rotatable bonds is 7. The predicted octanol–water partition coefficient (Wildman–Crippen LogP) is 2.72. The summed E-state index contributed by atoms with van der Waals surface area (Å²) in [5.41, 5.74) is 1.19. The lowest BCUT2D eigenvalue weighted by molar-refractivity contribution is 0.212. The van der Waals surface area contributed by atoms with Crippen LogP contribution in [0.25, 0.3) is 0 Å². The van der Waals surface area contributed by atoms with Gasteiger partial charge in [-0.3, -0.25) is 4.98 Å². The van der Waals surface area contributed by atoms with Gasteiger partial charge in [0.25, 0.3) is 0 Å². The monoisotopic (exact) mass is 275 g/mol. The first-order valence-corrected chi connectivity index (χ1v) is 8.05. The van der Waals surface area contributed by atoms with Crippen LogP contribution in [0, 0.1) is 5.92 Å². The lowest BCUT2D eigenvalue weighted by Gasteiger charge is -2.33. The van der Waals surface area contributed by atoms with E-state index < -0.39 is 0 Å². The zero-order chi connectivity index (χ0) is 14.2. The smallest absolute Gasteiger partial charge is 0.0416 e. The molecule has 1 unspecified atom stereocenters. The second-order valence-electron chi connectivity index (χ2n) is 6.13. The number of hydrogen-bond acceptors (Lipinski definition) is 3. The lowest BCUT2D eigenvalue weighted by Crippen LogP contribution is -2.44. The zero-order valence-corrected chi connectivity index (χ0v) is 13.0. The van der Waals surface area contributed by atoms with E-state index in [4.69, 9.17) is 0 Å². The molecule has 1 N–H and O–H groups in total. The fraction of sp³-hybridized carbons (Fsp3) is 0.706. The van der Waals surface area contributed by atoms with E-state index in [1.165, 1.54) is 37.8 Å². The van der Waals surface area contributed by atoms with E-state index in [9.17, 15) is 0 Å². The normalized spacial score (nSPS) is 18.4. The van der Waals surface area contributed by atoms with Crippen molar-refractivity contribution in [1.29, 1.82) is 0 Å². The van der Waals surface area contributed by atoms with Crippen molar-refractivity contribution in [2.75, 3.05) is 27.2 Å². The van der Waals surface area contributed by atoms with Gasteiger partial charge in [0, 0.05) is 37.4 Å². The van der Waals surface area contributed by atoms with Crippen LogP contribution in [-0.2, 0) is 6.42 Å². The van der Waals surface area contributed by atoms with Crippen molar-refractivity contribution < 1.29 is 0 Å². The topological polar surface area (TPSA) is 28.2 Å². The van der Waals surface area contributed by atoms with Gasteiger partial charge in [0.1, 0.15) is 0 Å². The summed E-state index contributed by atoms with van der Waals surface area (Å²) in [6.45, 7) is 2.23. The van der Waals surface area contributed by atoms with E-state index in [-0.39, 0.29) is 0 Å². The molecule has 1 fully saturated rings. The van der Waals surface area contributed by atoms with Crippen LogP contribution in [0.4, 0.5) is 0 Å². The molecule has 1 aliphatic carbocycles. The minimum absolute atomic E-state index is 0.643. The Hall–Kier alpha value is -0.930. The summed E-state index contributed by atoms with van der Waals surface area (Å²) in [6.07, 6.45) is 9.99. The van der Waals surface area contributed by atoms with Gasteiger partial charge in [-0.05, 0) is 45.0 Å².